The number of benzene rings is 4. The van der Waals surface area contributed by atoms with E-state index in [4.69, 9.17) is 14.2 Å². The number of methoxy groups -OCH3 is 3. The zero-order chi connectivity index (χ0) is 33.6. The van der Waals surface area contributed by atoms with Crippen LogP contribution in [0, 0.1) is 0 Å². The molecule has 0 unspecified atom stereocenters. The number of anilines is 2. The van der Waals surface area contributed by atoms with E-state index >= 15 is 0 Å². The van der Waals surface area contributed by atoms with Gasteiger partial charge in [-0.3, -0.25) is 14.5 Å². The first-order valence-corrected chi connectivity index (χ1v) is 15.6. The highest BCUT2D eigenvalue weighted by Crippen LogP contribution is 2.33. The quantitative estimate of drug-likeness (QED) is 0.174. The van der Waals surface area contributed by atoms with E-state index in [0.717, 1.165) is 54.9 Å². The molecule has 0 atom stereocenters. The molecule has 0 radical (unpaired) electrons. The minimum atomic E-state index is -0.645. The van der Waals surface area contributed by atoms with E-state index in [1.54, 1.807) is 26.4 Å². The lowest BCUT2D eigenvalue weighted by atomic mass is 9.98. The van der Waals surface area contributed by atoms with Crippen molar-refractivity contribution in [3.63, 3.8) is 0 Å². The van der Waals surface area contributed by atoms with Crippen molar-refractivity contribution in [2.45, 2.75) is 19.4 Å². The Morgan fingerprint density at radius 3 is 2.29 bits per heavy atom. The number of amides is 2. The molecule has 0 saturated heterocycles. The molecule has 244 valence electrons. The summed E-state index contributed by atoms with van der Waals surface area (Å²) in [5, 5.41) is 6.53. The van der Waals surface area contributed by atoms with Crippen LogP contribution in [0.5, 0.6) is 11.5 Å². The average molecular weight is 645 g/mol. The van der Waals surface area contributed by atoms with Gasteiger partial charge in [-0.1, -0.05) is 36.4 Å². The van der Waals surface area contributed by atoms with Crippen LogP contribution in [0.3, 0.4) is 0 Å². The van der Waals surface area contributed by atoms with E-state index < -0.39 is 17.8 Å². The summed E-state index contributed by atoms with van der Waals surface area (Å²) in [6, 6.07) is 27.2. The van der Waals surface area contributed by atoms with Gasteiger partial charge in [0.2, 0.25) is 0 Å². The number of esters is 1. The molecule has 2 heterocycles. The van der Waals surface area contributed by atoms with Crippen LogP contribution in [0.2, 0.25) is 0 Å². The molecule has 1 aliphatic heterocycles. The molecule has 2 N–H and O–H groups in total. The second-order valence-electron chi connectivity index (χ2n) is 11.5. The van der Waals surface area contributed by atoms with Crippen molar-refractivity contribution in [2.24, 2.45) is 0 Å². The number of fused-ring (bicyclic) bond motifs is 2. The Kier molecular flexibility index (Phi) is 9.63. The number of para-hydroxylation sites is 1. The normalized spacial score (nSPS) is 12.6. The van der Waals surface area contributed by atoms with Gasteiger partial charge in [0.1, 0.15) is 5.69 Å². The molecule has 10 nitrogen and oxygen atoms in total. The largest absolute Gasteiger partial charge is 0.493 e. The summed E-state index contributed by atoms with van der Waals surface area (Å²) < 4.78 is 15.9. The molecule has 48 heavy (non-hydrogen) atoms. The van der Waals surface area contributed by atoms with Crippen LogP contribution in [-0.4, -0.2) is 62.1 Å². The third kappa shape index (κ3) is 7.13. The minimum absolute atomic E-state index is 0.114. The number of nitrogens with one attached hydrogen (secondary N) is 2. The second kappa shape index (κ2) is 14.4. The van der Waals surface area contributed by atoms with Gasteiger partial charge in [-0.25, -0.2) is 9.78 Å². The minimum Gasteiger partial charge on any atom is -0.493 e. The number of pyridine rings is 1. The van der Waals surface area contributed by atoms with Gasteiger partial charge in [0, 0.05) is 36.3 Å². The van der Waals surface area contributed by atoms with Crippen LogP contribution in [0.4, 0.5) is 11.4 Å². The summed E-state index contributed by atoms with van der Waals surface area (Å²) in [4.78, 5) is 45.7. The lowest BCUT2D eigenvalue weighted by molar-refractivity contribution is 0.0601. The molecule has 5 aromatic rings. The fourth-order valence-electron chi connectivity index (χ4n) is 5.83. The summed E-state index contributed by atoms with van der Waals surface area (Å²) in [6.07, 6.45) is 1.81. The summed E-state index contributed by atoms with van der Waals surface area (Å²) in [6.45, 7) is 2.71. The number of rotatable bonds is 10. The number of carbonyl (C=O) groups excluding carboxylic acids is 3. The molecular weight excluding hydrogens is 608 g/mol. The highest BCUT2D eigenvalue weighted by Gasteiger charge is 2.21. The molecule has 1 aliphatic rings. The van der Waals surface area contributed by atoms with Gasteiger partial charge in [0.15, 0.2) is 11.5 Å². The predicted octanol–water partition coefficient (Wildman–Crippen LogP) is 6.14. The Hall–Kier alpha value is -5.74. The van der Waals surface area contributed by atoms with Crippen LogP contribution in [0.25, 0.3) is 10.9 Å². The van der Waals surface area contributed by atoms with E-state index in [2.05, 4.69) is 32.7 Å². The molecule has 6 rings (SSSR count). The predicted molar refractivity (Wildman–Crippen MR) is 184 cm³/mol. The van der Waals surface area contributed by atoms with Crippen molar-refractivity contribution in [3.05, 3.63) is 125 Å². The van der Waals surface area contributed by atoms with E-state index in [1.165, 1.54) is 36.4 Å². The molecule has 0 bridgehead atoms. The van der Waals surface area contributed by atoms with E-state index in [-0.39, 0.29) is 22.5 Å². The standard InChI is InChI=1S/C38H36N4O6/c1-46-34-21-26-17-19-42(23-28(26)22-35(34)47-2)18-16-24-8-12-29(13-9-24)39-36(43)27-10-14-30(38(45)48-3)33(20-27)41-37(44)32-15-11-25-6-4-5-7-31(25)40-32/h4-15,20-22H,16-19,23H2,1-3H3,(H,39,43)(H,41,44). The topological polar surface area (TPSA) is 119 Å². The third-order valence-electron chi connectivity index (χ3n) is 8.49. The van der Waals surface area contributed by atoms with Gasteiger partial charge < -0.3 is 24.8 Å². The van der Waals surface area contributed by atoms with Crippen molar-refractivity contribution in [2.75, 3.05) is 45.1 Å². The SMILES string of the molecule is COC(=O)c1ccc(C(=O)Nc2ccc(CCN3CCc4cc(OC)c(OC)cc4C3)cc2)cc1NC(=O)c1ccc2ccccc2n1. The molecule has 2 amide bonds. The van der Waals surface area contributed by atoms with Crippen LogP contribution in [0.15, 0.2) is 91.0 Å². The van der Waals surface area contributed by atoms with Gasteiger partial charge in [0.05, 0.1) is 38.1 Å². The summed E-state index contributed by atoms with van der Waals surface area (Å²) >= 11 is 0. The van der Waals surface area contributed by atoms with Crippen LogP contribution < -0.4 is 20.1 Å². The van der Waals surface area contributed by atoms with Crippen LogP contribution in [0.1, 0.15) is 47.9 Å². The van der Waals surface area contributed by atoms with Crippen LogP contribution in [-0.2, 0) is 24.1 Å². The Labute approximate surface area is 278 Å². The number of nitrogens with zero attached hydrogens (tertiary/aromatic N) is 2. The summed E-state index contributed by atoms with van der Waals surface area (Å²) in [7, 11) is 4.56. The Morgan fingerprint density at radius 2 is 1.54 bits per heavy atom. The highest BCUT2D eigenvalue weighted by molar-refractivity contribution is 6.10. The van der Waals surface area contributed by atoms with E-state index in [0.29, 0.717) is 11.2 Å². The highest BCUT2D eigenvalue weighted by atomic mass is 16.5. The van der Waals surface area contributed by atoms with Gasteiger partial charge in [0.25, 0.3) is 11.8 Å². The lowest BCUT2D eigenvalue weighted by Gasteiger charge is -2.29. The maximum Gasteiger partial charge on any atom is 0.339 e. The smallest absolute Gasteiger partial charge is 0.339 e. The lowest BCUT2D eigenvalue weighted by Crippen LogP contribution is -2.32. The first-order chi connectivity index (χ1) is 23.3. The monoisotopic (exact) mass is 644 g/mol. The molecule has 0 spiro atoms. The van der Waals surface area contributed by atoms with Crippen molar-refractivity contribution in [1.82, 2.24) is 9.88 Å². The van der Waals surface area contributed by atoms with Crippen molar-refractivity contribution in [1.29, 1.82) is 0 Å². The molecule has 4 aromatic carbocycles. The Morgan fingerprint density at radius 1 is 0.792 bits per heavy atom. The fourth-order valence-corrected chi connectivity index (χ4v) is 5.83. The van der Waals surface area contributed by atoms with Gasteiger partial charge in [-0.05, 0) is 84.1 Å². The molecule has 0 saturated carbocycles. The van der Waals surface area contributed by atoms with Crippen molar-refractivity contribution in [3.8, 4) is 11.5 Å². The molecule has 0 fully saturated rings. The zero-order valence-corrected chi connectivity index (χ0v) is 27.0. The number of hydrogen-bond donors (Lipinski definition) is 2. The molecule has 10 heteroatoms. The van der Waals surface area contributed by atoms with Crippen molar-refractivity contribution >= 4 is 40.1 Å². The summed E-state index contributed by atoms with van der Waals surface area (Å²) in [5.41, 5.74) is 5.67. The van der Waals surface area contributed by atoms with Gasteiger partial charge in [-0.15, -0.1) is 0 Å². The van der Waals surface area contributed by atoms with E-state index in [9.17, 15) is 14.4 Å². The Balaban J connectivity index is 1.09. The molecular formula is C38H36N4O6. The van der Waals surface area contributed by atoms with Crippen LogP contribution >= 0.6 is 0 Å². The third-order valence-corrected chi connectivity index (χ3v) is 8.49. The number of hydrogen-bond acceptors (Lipinski definition) is 8. The first-order valence-electron chi connectivity index (χ1n) is 15.6. The summed E-state index contributed by atoms with van der Waals surface area (Å²) in [5.74, 6) is -0.0513. The van der Waals surface area contributed by atoms with E-state index in [1.807, 2.05) is 48.5 Å². The van der Waals surface area contributed by atoms with Gasteiger partial charge in [-0.2, -0.15) is 0 Å². The van der Waals surface area contributed by atoms with Gasteiger partial charge >= 0.3 is 5.97 Å². The molecule has 0 aliphatic carbocycles. The first kappa shape index (κ1) is 32.2. The fraction of sp³-hybridized carbons (Fsp3) is 0.211. The number of aromatic nitrogens is 1. The molecule has 1 aromatic heterocycles. The number of carbonyl (C=O) groups is 3. The zero-order valence-electron chi connectivity index (χ0n) is 27.0. The second-order valence-corrected chi connectivity index (χ2v) is 11.5. The maximum atomic E-state index is 13.2. The van der Waals surface area contributed by atoms with Crippen molar-refractivity contribution < 1.29 is 28.6 Å². The average Bonchev–Trinajstić information content (AvgIpc) is 3.13. The number of ether oxygens (including phenoxy) is 3. The maximum absolute atomic E-state index is 13.2. The Bertz CT molecular complexity index is 1990.